The first-order valence-electron chi connectivity index (χ1n) is 11.0. The number of likely N-dealkylation sites (N-methyl/N-ethyl adjacent to an activating group) is 1. The van der Waals surface area contributed by atoms with Gasteiger partial charge in [0.25, 0.3) is 0 Å². The highest BCUT2D eigenvalue weighted by molar-refractivity contribution is 7.71. The Morgan fingerprint density at radius 3 is 2.41 bits per heavy atom. The third-order valence-electron chi connectivity index (χ3n) is 5.56. The topological polar surface area (TPSA) is 97.0 Å². The molecule has 2 aromatic carbocycles. The van der Waals surface area contributed by atoms with E-state index >= 15 is 0 Å². The summed E-state index contributed by atoms with van der Waals surface area (Å²) < 4.78 is 13.2. The summed E-state index contributed by atoms with van der Waals surface area (Å²) in [7, 11) is 3.83. The fourth-order valence-corrected chi connectivity index (χ4v) is 3.72. The van der Waals surface area contributed by atoms with E-state index in [9.17, 15) is 10.2 Å². The van der Waals surface area contributed by atoms with E-state index in [0.717, 1.165) is 36.6 Å². The second-order valence-corrected chi connectivity index (χ2v) is 8.85. The highest BCUT2D eigenvalue weighted by atomic mass is 35.5. The van der Waals surface area contributed by atoms with Gasteiger partial charge in [0.2, 0.25) is 0 Å². The number of nitrogens with zero attached hydrogens (tertiary/aromatic N) is 2. The molecule has 0 radical (unpaired) electrons. The van der Waals surface area contributed by atoms with Crippen LogP contribution in [0.1, 0.15) is 30.9 Å². The van der Waals surface area contributed by atoms with Crippen molar-refractivity contribution >= 4 is 12.2 Å². The molecule has 0 saturated heterocycles. The SMILES string of the molecule is COCC[NH+](C)CCOc1ccc(Cn2c(-c3cc(C(C)C)c(O)cc3O)n[nH]c2=S)cc1.[Cl-]. The van der Waals surface area contributed by atoms with Crippen LogP contribution in [0.4, 0.5) is 0 Å². The van der Waals surface area contributed by atoms with Crippen LogP contribution in [0, 0.1) is 4.77 Å². The summed E-state index contributed by atoms with van der Waals surface area (Å²) in [6.45, 7) is 7.65. The fraction of sp³-hybridized carbons (Fsp3) is 0.417. The Hall–Kier alpha value is -2.59. The Morgan fingerprint density at radius 2 is 1.76 bits per heavy atom. The van der Waals surface area contributed by atoms with Crippen LogP contribution in [0.25, 0.3) is 11.4 Å². The normalized spacial score (nSPS) is 11.9. The van der Waals surface area contributed by atoms with Gasteiger partial charge in [-0.15, -0.1) is 0 Å². The van der Waals surface area contributed by atoms with Gasteiger partial charge in [0.1, 0.15) is 36.9 Å². The zero-order valence-electron chi connectivity index (χ0n) is 20.0. The van der Waals surface area contributed by atoms with Crippen molar-refractivity contribution < 1.29 is 37.0 Å². The number of phenolic OH excluding ortho intramolecular Hbond substituents is 2. The van der Waals surface area contributed by atoms with Crippen LogP contribution in [0.2, 0.25) is 0 Å². The van der Waals surface area contributed by atoms with E-state index in [2.05, 4.69) is 17.2 Å². The lowest BCUT2D eigenvalue weighted by Crippen LogP contribution is -3.10. The Kier molecular flexibility index (Phi) is 10.4. The molecular formula is C24H33ClN4O4S. The van der Waals surface area contributed by atoms with Crippen molar-refractivity contribution in [3.8, 4) is 28.6 Å². The molecule has 0 aliphatic heterocycles. The lowest BCUT2D eigenvalue weighted by atomic mass is 9.98. The van der Waals surface area contributed by atoms with Crippen LogP contribution in [0.3, 0.4) is 0 Å². The lowest BCUT2D eigenvalue weighted by Gasteiger charge is -2.14. The number of hydrogen-bond donors (Lipinski definition) is 4. The third-order valence-corrected chi connectivity index (χ3v) is 5.87. The Bertz CT molecular complexity index is 1120. The predicted molar refractivity (Wildman–Crippen MR) is 130 cm³/mol. The number of benzene rings is 2. The summed E-state index contributed by atoms with van der Waals surface area (Å²) in [5.74, 6) is 1.44. The summed E-state index contributed by atoms with van der Waals surface area (Å²) in [4.78, 5) is 1.36. The van der Waals surface area contributed by atoms with E-state index in [4.69, 9.17) is 21.7 Å². The van der Waals surface area contributed by atoms with Gasteiger partial charge in [-0.2, -0.15) is 5.10 Å². The molecule has 0 saturated carbocycles. The summed E-state index contributed by atoms with van der Waals surface area (Å²) in [5, 5.41) is 27.8. The number of rotatable bonds is 11. The number of ether oxygens (including phenoxy) is 2. The molecule has 1 unspecified atom stereocenters. The first kappa shape index (κ1) is 27.7. The van der Waals surface area contributed by atoms with Crippen LogP contribution in [-0.4, -0.2) is 65.4 Å². The lowest BCUT2D eigenvalue weighted by molar-refractivity contribution is -0.880. The van der Waals surface area contributed by atoms with Gasteiger partial charge in [-0.25, -0.2) is 0 Å². The van der Waals surface area contributed by atoms with E-state index < -0.39 is 0 Å². The van der Waals surface area contributed by atoms with Crippen molar-refractivity contribution in [2.24, 2.45) is 0 Å². The van der Waals surface area contributed by atoms with Crippen LogP contribution in [0.15, 0.2) is 36.4 Å². The quantitative estimate of drug-likeness (QED) is 0.266. The zero-order valence-corrected chi connectivity index (χ0v) is 21.5. The minimum atomic E-state index is -0.0477. The average molecular weight is 509 g/mol. The van der Waals surface area contributed by atoms with Crippen molar-refractivity contribution in [1.82, 2.24) is 14.8 Å². The molecule has 1 heterocycles. The number of nitrogens with one attached hydrogen (secondary N) is 2. The second-order valence-electron chi connectivity index (χ2n) is 8.46. The number of methoxy groups -OCH3 is 1. The number of H-pyrrole nitrogens is 1. The Morgan fingerprint density at radius 1 is 1.09 bits per heavy atom. The van der Waals surface area contributed by atoms with E-state index in [1.165, 1.54) is 11.0 Å². The number of quaternary nitrogens is 1. The minimum absolute atomic E-state index is 0. The average Bonchev–Trinajstić information content (AvgIpc) is 3.13. The number of hydrogen-bond acceptors (Lipinski definition) is 6. The van der Waals surface area contributed by atoms with Gasteiger partial charge in [-0.1, -0.05) is 26.0 Å². The van der Waals surface area contributed by atoms with Crippen molar-refractivity contribution in [2.75, 3.05) is 40.5 Å². The smallest absolute Gasteiger partial charge is 0.195 e. The molecule has 0 fully saturated rings. The Labute approximate surface area is 211 Å². The molecule has 0 spiro atoms. The van der Waals surface area contributed by atoms with Gasteiger partial charge in [0.15, 0.2) is 10.6 Å². The second kappa shape index (κ2) is 12.8. The molecule has 3 aromatic rings. The molecule has 1 atom stereocenters. The number of aromatic amines is 1. The molecule has 186 valence electrons. The maximum absolute atomic E-state index is 10.5. The first-order chi connectivity index (χ1) is 15.8. The van der Waals surface area contributed by atoms with Crippen LogP contribution < -0.4 is 22.0 Å². The van der Waals surface area contributed by atoms with Gasteiger partial charge >= 0.3 is 0 Å². The summed E-state index contributed by atoms with van der Waals surface area (Å²) in [6, 6.07) is 11.0. The fourth-order valence-electron chi connectivity index (χ4n) is 3.52. The molecule has 0 aliphatic carbocycles. The monoisotopic (exact) mass is 508 g/mol. The minimum Gasteiger partial charge on any atom is -1.00 e. The van der Waals surface area contributed by atoms with Crippen molar-refractivity contribution in [3.05, 3.63) is 52.3 Å². The summed E-state index contributed by atoms with van der Waals surface area (Å²) >= 11 is 5.44. The van der Waals surface area contributed by atoms with Crippen molar-refractivity contribution in [2.45, 2.75) is 26.3 Å². The standard InChI is InChI=1S/C24H32N4O4S.ClH/c1-16(2)19-13-20(22(30)14-21(19)29)23-25-26-24(33)28(23)15-17-5-7-18(8-6-17)32-12-10-27(3)9-11-31-4;/h5-8,13-14,16,29-30H,9-12,15H2,1-4H3,(H,26,33);1H. The highest BCUT2D eigenvalue weighted by Gasteiger charge is 2.18. The maximum atomic E-state index is 10.5. The third kappa shape index (κ3) is 6.96. The summed E-state index contributed by atoms with van der Waals surface area (Å²) in [6.07, 6.45) is 0. The maximum Gasteiger partial charge on any atom is 0.195 e. The molecule has 0 aliphatic rings. The van der Waals surface area contributed by atoms with E-state index in [1.54, 1.807) is 13.2 Å². The zero-order chi connectivity index (χ0) is 24.0. The van der Waals surface area contributed by atoms with E-state index in [-0.39, 0.29) is 29.8 Å². The van der Waals surface area contributed by atoms with E-state index in [1.807, 2.05) is 42.7 Å². The van der Waals surface area contributed by atoms with Crippen LogP contribution in [-0.2, 0) is 11.3 Å². The van der Waals surface area contributed by atoms with Crippen molar-refractivity contribution in [1.29, 1.82) is 0 Å². The van der Waals surface area contributed by atoms with Gasteiger partial charge in [0.05, 0.1) is 25.8 Å². The van der Waals surface area contributed by atoms with Gasteiger partial charge in [-0.05, 0) is 47.5 Å². The first-order valence-corrected chi connectivity index (χ1v) is 11.4. The highest BCUT2D eigenvalue weighted by Crippen LogP contribution is 2.37. The van der Waals surface area contributed by atoms with Crippen LogP contribution >= 0.6 is 12.2 Å². The molecule has 0 amide bonds. The largest absolute Gasteiger partial charge is 1.00 e. The molecular weight excluding hydrogens is 476 g/mol. The summed E-state index contributed by atoms with van der Waals surface area (Å²) in [5.41, 5.74) is 2.27. The van der Waals surface area contributed by atoms with Gasteiger partial charge in [0, 0.05) is 13.2 Å². The van der Waals surface area contributed by atoms with Crippen LogP contribution in [0.5, 0.6) is 17.2 Å². The molecule has 1 aromatic heterocycles. The number of phenols is 2. The molecule has 3 rings (SSSR count). The number of halogens is 1. The number of aromatic hydroxyl groups is 2. The van der Waals surface area contributed by atoms with Crippen molar-refractivity contribution in [3.63, 3.8) is 0 Å². The molecule has 10 heteroatoms. The van der Waals surface area contributed by atoms with Gasteiger partial charge < -0.3 is 37.0 Å². The predicted octanol–water partition coefficient (Wildman–Crippen LogP) is -0.266. The molecule has 8 nitrogen and oxygen atoms in total. The van der Waals surface area contributed by atoms with Gasteiger partial charge in [-0.3, -0.25) is 9.67 Å². The number of aromatic nitrogens is 3. The molecule has 34 heavy (non-hydrogen) atoms. The molecule has 4 N–H and O–H groups in total. The van der Waals surface area contributed by atoms with E-state index in [0.29, 0.717) is 29.3 Å². The molecule has 0 bridgehead atoms. The Balaban J connectivity index is 0.00000408.